The van der Waals surface area contributed by atoms with Crippen molar-refractivity contribution in [2.45, 2.75) is 17.9 Å². The van der Waals surface area contributed by atoms with Crippen LogP contribution < -0.4 is 21.9 Å². The van der Waals surface area contributed by atoms with Crippen LogP contribution in [0.4, 0.5) is 20.3 Å². The van der Waals surface area contributed by atoms with E-state index in [4.69, 9.17) is 10.5 Å². The summed E-state index contributed by atoms with van der Waals surface area (Å²) in [6.07, 6.45) is 0.398. The van der Waals surface area contributed by atoms with Crippen LogP contribution in [0.15, 0.2) is 63.0 Å². The molecule has 1 amide bonds. The number of benzene rings is 2. The monoisotopic (exact) mass is 490 g/mol. The predicted molar refractivity (Wildman–Crippen MR) is 127 cm³/mol. The number of nitrogens with zero attached hydrogens (tertiary/aromatic N) is 2. The van der Waals surface area contributed by atoms with Crippen LogP contribution in [0, 0.1) is 11.6 Å². The summed E-state index contributed by atoms with van der Waals surface area (Å²) in [5.74, 6) is -2.83. The van der Waals surface area contributed by atoms with E-state index in [1.165, 1.54) is 22.6 Å². The minimum Gasteiger partial charge on any atom is -0.385 e. The number of anilines is 2. The van der Waals surface area contributed by atoms with Crippen molar-refractivity contribution in [3.8, 4) is 0 Å². The normalized spacial score (nSPS) is 10.9. The molecule has 0 radical (unpaired) electrons. The Hall–Kier alpha value is -3.44. The van der Waals surface area contributed by atoms with Crippen molar-refractivity contribution in [3.63, 3.8) is 0 Å². The molecule has 0 aliphatic carbocycles. The maximum absolute atomic E-state index is 13.5. The van der Waals surface area contributed by atoms with Crippen molar-refractivity contribution in [1.29, 1.82) is 0 Å². The molecule has 0 bridgehead atoms. The highest BCUT2D eigenvalue weighted by Crippen LogP contribution is 2.24. The largest absolute Gasteiger partial charge is 0.385 e. The zero-order valence-corrected chi connectivity index (χ0v) is 19.2. The molecule has 0 spiro atoms. The number of halogens is 2. The fourth-order valence-corrected chi connectivity index (χ4v) is 4.08. The Kier molecular flexibility index (Phi) is 8.61. The summed E-state index contributed by atoms with van der Waals surface area (Å²) in [7, 11) is 1.51. The summed E-state index contributed by atoms with van der Waals surface area (Å²) in [5, 5.41) is 0. The molecule has 34 heavy (non-hydrogen) atoms. The molecule has 0 unspecified atom stereocenters. The number of amides is 1. The fraction of sp³-hybridized carbons (Fsp3) is 0.261. The Morgan fingerprint density at radius 3 is 2.56 bits per heavy atom. The minimum atomic E-state index is -1.02. The molecule has 11 heteroatoms. The van der Waals surface area contributed by atoms with Crippen LogP contribution in [0.5, 0.6) is 0 Å². The van der Waals surface area contributed by atoms with E-state index >= 15 is 0 Å². The summed E-state index contributed by atoms with van der Waals surface area (Å²) >= 11 is 0.985. The number of hydrogen-bond acceptors (Lipinski definition) is 6. The lowest BCUT2D eigenvalue weighted by molar-refractivity contribution is -0.116. The van der Waals surface area contributed by atoms with Gasteiger partial charge in [-0.3, -0.25) is 19.1 Å². The number of carbonyl (C=O) groups excluding carboxylic acids is 1. The van der Waals surface area contributed by atoms with Crippen molar-refractivity contribution in [2.24, 2.45) is 0 Å². The van der Waals surface area contributed by atoms with Gasteiger partial charge in [-0.05, 0) is 30.2 Å². The summed E-state index contributed by atoms with van der Waals surface area (Å²) in [5.41, 5.74) is 5.37. The first kappa shape index (κ1) is 25.2. The van der Waals surface area contributed by atoms with E-state index in [9.17, 15) is 23.2 Å². The van der Waals surface area contributed by atoms with Crippen LogP contribution in [0.2, 0.25) is 0 Å². The smallest absolute Gasteiger partial charge is 0.330 e. The second kappa shape index (κ2) is 11.6. The summed E-state index contributed by atoms with van der Waals surface area (Å²) in [4.78, 5) is 42.1. The van der Waals surface area contributed by atoms with E-state index in [2.05, 4.69) is 4.98 Å². The zero-order chi connectivity index (χ0) is 24.7. The molecule has 3 N–H and O–H groups in total. The SMILES string of the molecule is COCCCN(C(=O)CSc1ccc(F)c(F)c1)c1c(N)n(Cc2ccccc2)c(=O)[nH]c1=O. The quantitative estimate of drug-likeness (QED) is 0.334. The molecule has 0 saturated carbocycles. The molecule has 8 nitrogen and oxygen atoms in total. The average molecular weight is 491 g/mol. The molecule has 2 aromatic carbocycles. The first-order valence-corrected chi connectivity index (χ1v) is 11.3. The van der Waals surface area contributed by atoms with Gasteiger partial charge in [0, 0.05) is 25.2 Å². The number of carbonyl (C=O) groups is 1. The lowest BCUT2D eigenvalue weighted by atomic mass is 10.2. The minimum absolute atomic E-state index is 0.0962. The van der Waals surface area contributed by atoms with Gasteiger partial charge in [0.1, 0.15) is 5.82 Å². The summed E-state index contributed by atoms with van der Waals surface area (Å²) < 4.78 is 32.9. The molecule has 1 heterocycles. The molecule has 0 saturated heterocycles. The van der Waals surface area contributed by atoms with E-state index in [-0.39, 0.29) is 30.3 Å². The average Bonchev–Trinajstić information content (AvgIpc) is 2.82. The van der Waals surface area contributed by atoms with Gasteiger partial charge in [-0.25, -0.2) is 13.6 Å². The Bertz CT molecular complexity index is 1260. The van der Waals surface area contributed by atoms with Crippen LogP contribution in [-0.2, 0) is 16.1 Å². The molecule has 0 fully saturated rings. The van der Waals surface area contributed by atoms with Gasteiger partial charge in [-0.1, -0.05) is 30.3 Å². The lowest BCUT2D eigenvalue weighted by Crippen LogP contribution is -2.42. The highest BCUT2D eigenvalue weighted by molar-refractivity contribution is 8.00. The van der Waals surface area contributed by atoms with E-state index in [1.54, 1.807) is 24.3 Å². The Morgan fingerprint density at radius 1 is 1.15 bits per heavy atom. The summed E-state index contributed by atoms with van der Waals surface area (Å²) in [6.45, 7) is 0.516. The van der Waals surface area contributed by atoms with Crippen molar-refractivity contribution in [2.75, 3.05) is 36.6 Å². The van der Waals surface area contributed by atoms with E-state index in [1.807, 2.05) is 6.07 Å². The number of hydrogen-bond donors (Lipinski definition) is 2. The van der Waals surface area contributed by atoms with Gasteiger partial charge < -0.3 is 15.4 Å². The summed E-state index contributed by atoms with van der Waals surface area (Å²) in [6, 6.07) is 12.4. The fourth-order valence-electron chi connectivity index (χ4n) is 3.28. The van der Waals surface area contributed by atoms with Gasteiger partial charge in [-0.15, -0.1) is 11.8 Å². The van der Waals surface area contributed by atoms with Crippen molar-refractivity contribution in [3.05, 3.63) is 86.6 Å². The van der Waals surface area contributed by atoms with E-state index in [0.29, 0.717) is 17.9 Å². The van der Waals surface area contributed by atoms with Crippen LogP contribution in [0.1, 0.15) is 12.0 Å². The number of aromatic nitrogens is 2. The van der Waals surface area contributed by atoms with Gasteiger partial charge in [0.15, 0.2) is 17.3 Å². The molecule has 0 atom stereocenters. The number of methoxy groups -OCH3 is 1. The van der Waals surface area contributed by atoms with Gasteiger partial charge >= 0.3 is 5.69 Å². The van der Waals surface area contributed by atoms with Gasteiger partial charge in [-0.2, -0.15) is 0 Å². The molecule has 0 aliphatic rings. The van der Waals surface area contributed by atoms with Crippen LogP contribution in [0.25, 0.3) is 0 Å². The Labute approximate surface area is 198 Å². The van der Waals surface area contributed by atoms with Crippen molar-refractivity contribution >= 4 is 29.2 Å². The third kappa shape index (κ3) is 6.12. The van der Waals surface area contributed by atoms with E-state index in [0.717, 1.165) is 29.5 Å². The van der Waals surface area contributed by atoms with Crippen molar-refractivity contribution < 1.29 is 18.3 Å². The second-order valence-electron chi connectivity index (χ2n) is 7.32. The van der Waals surface area contributed by atoms with Gasteiger partial charge in [0.05, 0.1) is 12.3 Å². The maximum Gasteiger partial charge on any atom is 0.330 e. The maximum atomic E-state index is 13.5. The standard InChI is InChI=1S/C23H24F2N4O4S/c1-33-11-5-10-28(19(30)14-34-16-8-9-17(24)18(25)12-16)20-21(26)29(23(32)27-22(20)31)13-15-6-3-2-4-7-15/h2-4,6-9,12H,5,10-11,13-14,26H2,1H3,(H,27,31,32). The number of aromatic amines is 1. The second-order valence-corrected chi connectivity index (χ2v) is 8.37. The Morgan fingerprint density at radius 2 is 1.88 bits per heavy atom. The first-order valence-electron chi connectivity index (χ1n) is 10.4. The third-order valence-electron chi connectivity index (χ3n) is 4.95. The molecule has 3 aromatic rings. The number of rotatable bonds is 10. The highest BCUT2D eigenvalue weighted by atomic mass is 32.2. The number of nitrogens with one attached hydrogen (secondary N) is 1. The number of H-pyrrole nitrogens is 1. The van der Waals surface area contributed by atoms with E-state index < -0.39 is 28.8 Å². The van der Waals surface area contributed by atoms with Gasteiger partial charge in [0.2, 0.25) is 5.91 Å². The van der Waals surface area contributed by atoms with Crippen LogP contribution >= 0.6 is 11.8 Å². The molecular formula is C23H24F2N4O4S. The lowest BCUT2D eigenvalue weighted by Gasteiger charge is -2.24. The van der Waals surface area contributed by atoms with Crippen LogP contribution in [-0.4, -0.2) is 41.5 Å². The number of ether oxygens (including phenoxy) is 1. The van der Waals surface area contributed by atoms with Gasteiger partial charge in [0.25, 0.3) is 5.56 Å². The predicted octanol–water partition coefficient (Wildman–Crippen LogP) is 2.61. The number of nitrogen functional groups attached to an aromatic ring is 1. The molecule has 180 valence electrons. The topological polar surface area (TPSA) is 110 Å². The zero-order valence-electron chi connectivity index (χ0n) is 18.4. The molecule has 0 aliphatic heterocycles. The molecule has 3 rings (SSSR count). The molecular weight excluding hydrogens is 466 g/mol. The third-order valence-corrected chi connectivity index (χ3v) is 5.93. The number of thioether (sulfide) groups is 1. The Balaban J connectivity index is 1.93. The highest BCUT2D eigenvalue weighted by Gasteiger charge is 2.24. The number of nitrogens with two attached hydrogens (primary N) is 1. The van der Waals surface area contributed by atoms with Crippen LogP contribution in [0.3, 0.4) is 0 Å². The first-order chi connectivity index (χ1) is 16.3. The molecule has 1 aromatic heterocycles. The van der Waals surface area contributed by atoms with Crippen molar-refractivity contribution in [1.82, 2.24) is 9.55 Å².